The molecule has 0 saturated heterocycles. The van der Waals surface area contributed by atoms with E-state index in [1.54, 1.807) is 0 Å². The van der Waals surface area contributed by atoms with Crippen molar-refractivity contribution in [2.45, 2.75) is 12.9 Å². The largest absolute Gasteiger partial charge is 0.522 e. The minimum absolute atomic E-state index is 0.0528. The molecule has 0 aliphatic carbocycles. The van der Waals surface area contributed by atoms with E-state index in [0.29, 0.717) is 0 Å². The summed E-state index contributed by atoms with van der Waals surface area (Å²) in [6.45, 7) is -0.763. The second-order valence-corrected chi connectivity index (χ2v) is 3.21. The topological polar surface area (TPSA) is 21.3 Å². The zero-order chi connectivity index (χ0) is 12.9. The number of alkyl halides is 3. The van der Waals surface area contributed by atoms with Crippen LogP contribution in [0.25, 0.3) is 0 Å². The number of benzene rings is 1. The average molecular weight is 255 g/mol. The highest BCUT2D eigenvalue weighted by atomic mass is 19.4. The highest BCUT2D eigenvalue weighted by molar-refractivity contribution is 5.18. The molecule has 0 aliphatic rings. The Hall–Kier alpha value is -1.21. The van der Waals surface area contributed by atoms with E-state index >= 15 is 0 Å². The summed E-state index contributed by atoms with van der Waals surface area (Å²) >= 11 is 0. The van der Waals surface area contributed by atoms with Crippen LogP contribution in [0.5, 0.6) is 0 Å². The van der Waals surface area contributed by atoms with Gasteiger partial charge in [0.25, 0.3) is 0 Å². The zero-order valence-electron chi connectivity index (χ0n) is 8.65. The number of hydrogen-bond acceptors (Lipinski definition) is 2. The maximum absolute atomic E-state index is 13.1. The fourth-order valence-electron chi connectivity index (χ4n) is 1.14. The molecule has 7 heteroatoms. The Labute approximate surface area is 94.4 Å². The van der Waals surface area contributed by atoms with E-state index in [9.17, 15) is 22.0 Å². The number of hydrogen-bond donors (Lipinski definition) is 1. The van der Waals surface area contributed by atoms with E-state index in [-0.39, 0.29) is 18.7 Å². The summed E-state index contributed by atoms with van der Waals surface area (Å²) in [5, 5.41) is 2.51. The van der Waals surface area contributed by atoms with E-state index in [1.807, 2.05) is 0 Å². The van der Waals surface area contributed by atoms with Crippen molar-refractivity contribution >= 4 is 0 Å². The Balaban J connectivity index is 2.29. The first-order valence-electron chi connectivity index (χ1n) is 4.74. The molecule has 0 bridgehead atoms. The van der Waals surface area contributed by atoms with Crippen molar-refractivity contribution < 1.29 is 26.7 Å². The lowest BCUT2D eigenvalue weighted by molar-refractivity contribution is -0.323. The third-order valence-electron chi connectivity index (χ3n) is 1.87. The van der Waals surface area contributed by atoms with Crippen molar-refractivity contribution in [2.75, 3.05) is 13.2 Å². The predicted octanol–water partition coefficient (Wildman–Crippen LogP) is 2.59. The van der Waals surface area contributed by atoms with E-state index in [4.69, 9.17) is 0 Å². The van der Waals surface area contributed by atoms with Gasteiger partial charge in [0, 0.05) is 18.7 Å². The smallest absolute Gasteiger partial charge is 0.310 e. The monoisotopic (exact) mass is 255 g/mol. The SMILES string of the molecule is Fc1ccc(F)c(CNCCOC(F)(F)F)c1. The van der Waals surface area contributed by atoms with Gasteiger partial charge < -0.3 is 5.32 Å². The first-order valence-corrected chi connectivity index (χ1v) is 4.74. The molecule has 17 heavy (non-hydrogen) atoms. The molecular weight excluding hydrogens is 245 g/mol. The van der Waals surface area contributed by atoms with Crippen LogP contribution in [-0.2, 0) is 11.3 Å². The van der Waals surface area contributed by atoms with Crippen LogP contribution in [-0.4, -0.2) is 19.5 Å². The van der Waals surface area contributed by atoms with Crippen LogP contribution in [0.1, 0.15) is 5.56 Å². The molecule has 0 atom stereocenters. The number of nitrogens with one attached hydrogen (secondary N) is 1. The first kappa shape index (κ1) is 13.9. The van der Waals surface area contributed by atoms with Crippen LogP contribution in [0.15, 0.2) is 18.2 Å². The summed E-state index contributed by atoms with van der Waals surface area (Å²) in [7, 11) is 0. The molecule has 1 aromatic rings. The lowest BCUT2D eigenvalue weighted by Crippen LogP contribution is -2.24. The van der Waals surface area contributed by atoms with E-state index in [2.05, 4.69) is 10.1 Å². The molecule has 0 spiro atoms. The van der Waals surface area contributed by atoms with Crippen molar-refractivity contribution in [2.24, 2.45) is 0 Å². The summed E-state index contributed by atoms with van der Waals surface area (Å²) in [5.41, 5.74) is 0.0528. The molecule has 96 valence electrons. The van der Waals surface area contributed by atoms with Gasteiger partial charge in [0.15, 0.2) is 0 Å². The van der Waals surface area contributed by atoms with Crippen LogP contribution in [0.2, 0.25) is 0 Å². The maximum atomic E-state index is 13.1. The van der Waals surface area contributed by atoms with Crippen molar-refractivity contribution in [1.82, 2.24) is 5.32 Å². The summed E-state index contributed by atoms with van der Waals surface area (Å²) in [4.78, 5) is 0. The first-order chi connectivity index (χ1) is 7.88. The van der Waals surface area contributed by atoms with Gasteiger partial charge in [0.05, 0.1) is 6.61 Å². The summed E-state index contributed by atoms with van der Waals surface area (Å²) in [6, 6.07) is 2.90. The summed E-state index contributed by atoms with van der Waals surface area (Å²) in [5.74, 6) is -1.22. The predicted molar refractivity (Wildman–Crippen MR) is 50.1 cm³/mol. The minimum atomic E-state index is -4.67. The standard InChI is InChI=1S/C10H10F5NO/c11-8-1-2-9(12)7(5-8)6-16-3-4-17-10(13,14)15/h1-2,5,16H,3-4,6H2. The second kappa shape index (κ2) is 5.92. The average Bonchev–Trinajstić information content (AvgIpc) is 2.21. The van der Waals surface area contributed by atoms with Gasteiger partial charge >= 0.3 is 6.36 Å². The lowest BCUT2D eigenvalue weighted by Gasteiger charge is -2.08. The number of ether oxygens (including phenoxy) is 1. The Morgan fingerprint density at radius 3 is 2.53 bits per heavy atom. The Bertz CT molecular complexity index is 366. The molecule has 0 fully saturated rings. The van der Waals surface area contributed by atoms with Gasteiger partial charge in [-0.15, -0.1) is 13.2 Å². The van der Waals surface area contributed by atoms with Crippen LogP contribution in [0.3, 0.4) is 0 Å². The molecule has 0 radical (unpaired) electrons. The fourth-order valence-corrected chi connectivity index (χ4v) is 1.14. The molecule has 0 amide bonds. The number of halogens is 5. The van der Waals surface area contributed by atoms with E-state index in [1.165, 1.54) is 0 Å². The molecular formula is C10H10F5NO. The van der Waals surface area contributed by atoms with Crippen LogP contribution in [0.4, 0.5) is 22.0 Å². The third-order valence-corrected chi connectivity index (χ3v) is 1.87. The van der Waals surface area contributed by atoms with Gasteiger partial charge in [-0.2, -0.15) is 0 Å². The van der Waals surface area contributed by atoms with Crippen molar-refractivity contribution in [3.8, 4) is 0 Å². The molecule has 1 rings (SSSR count). The Kier molecular flexibility index (Phi) is 4.83. The molecule has 0 heterocycles. The molecule has 0 aromatic heterocycles. The Morgan fingerprint density at radius 2 is 1.88 bits per heavy atom. The van der Waals surface area contributed by atoms with Gasteiger partial charge in [0.1, 0.15) is 11.6 Å². The van der Waals surface area contributed by atoms with Crippen molar-refractivity contribution in [3.63, 3.8) is 0 Å². The van der Waals surface area contributed by atoms with Gasteiger partial charge in [-0.25, -0.2) is 8.78 Å². The normalized spacial score (nSPS) is 11.8. The van der Waals surface area contributed by atoms with Gasteiger partial charge in [-0.05, 0) is 18.2 Å². The summed E-state index contributed by atoms with van der Waals surface area (Å²) in [6.07, 6.45) is -4.67. The van der Waals surface area contributed by atoms with Crippen molar-refractivity contribution in [3.05, 3.63) is 35.4 Å². The van der Waals surface area contributed by atoms with Gasteiger partial charge in [-0.1, -0.05) is 0 Å². The number of rotatable bonds is 5. The van der Waals surface area contributed by atoms with Crippen LogP contribution in [0, 0.1) is 11.6 Å². The van der Waals surface area contributed by atoms with Gasteiger partial charge in [-0.3, -0.25) is 4.74 Å². The molecule has 0 unspecified atom stereocenters. The third kappa shape index (κ3) is 5.60. The highest BCUT2D eigenvalue weighted by Gasteiger charge is 2.28. The molecule has 1 aromatic carbocycles. The Morgan fingerprint density at radius 1 is 1.18 bits per heavy atom. The highest BCUT2D eigenvalue weighted by Crippen LogP contribution is 2.15. The molecule has 1 N–H and O–H groups in total. The lowest BCUT2D eigenvalue weighted by atomic mass is 10.2. The quantitative estimate of drug-likeness (QED) is 0.645. The van der Waals surface area contributed by atoms with E-state index < -0.39 is 24.6 Å². The summed E-state index contributed by atoms with van der Waals surface area (Å²) < 4.78 is 63.9. The minimum Gasteiger partial charge on any atom is -0.310 e. The van der Waals surface area contributed by atoms with Crippen LogP contribution >= 0.6 is 0 Å². The van der Waals surface area contributed by atoms with Crippen LogP contribution < -0.4 is 5.32 Å². The fraction of sp³-hybridized carbons (Fsp3) is 0.400. The van der Waals surface area contributed by atoms with Gasteiger partial charge in [0.2, 0.25) is 0 Å². The van der Waals surface area contributed by atoms with E-state index in [0.717, 1.165) is 18.2 Å². The molecule has 0 aliphatic heterocycles. The molecule has 0 saturated carbocycles. The molecule has 2 nitrogen and oxygen atoms in total. The zero-order valence-corrected chi connectivity index (χ0v) is 8.65. The van der Waals surface area contributed by atoms with Crippen molar-refractivity contribution in [1.29, 1.82) is 0 Å². The second-order valence-electron chi connectivity index (χ2n) is 3.21. The maximum Gasteiger partial charge on any atom is 0.522 e.